The second-order valence-corrected chi connectivity index (χ2v) is 7.90. The van der Waals surface area contributed by atoms with E-state index in [1.165, 1.54) is 18.2 Å². The van der Waals surface area contributed by atoms with Crippen molar-refractivity contribution in [2.45, 2.75) is 34.8 Å². The first-order chi connectivity index (χ1) is 9.85. The van der Waals surface area contributed by atoms with Crippen molar-refractivity contribution in [3.05, 3.63) is 29.6 Å². The second kappa shape index (κ2) is 4.78. The van der Waals surface area contributed by atoms with Gasteiger partial charge in [-0.25, -0.2) is 12.8 Å². The molecule has 0 radical (unpaired) electrons. The van der Waals surface area contributed by atoms with Crippen molar-refractivity contribution in [3.8, 4) is 0 Å². The van der Waals surface area contributed by atoms with E-state index in [0.29, 0.717) is 18.4 Å². The highest BCUT2D eigenvalue weighted by Gasteiger charge is 2.46. The summed E-state index contributed by atoms with van der Waals surface area (Å²) >= 11 is 0. The standard InChI is InChI=1S/C14H15FO5S/c15-11-5-9(14(3-4-14)6-13(16)17)1-2-12(11)21(18,19)10-7-20-8-10/h1-2,5,10H,3-4,6-8H2,(H,16,17). The summed E-state index contributed by atoms with van der Waals surface area (Å²) in [5, 5.41) is 8.22. The molecule has 1 heterocycles. The number of aliphatic carboxylic acids is 1. The molecule has 2 aliphatic rings. The van der Waals surface area contributed by atoms with Crippen molar-refractivity contribution in [1.82, 2.24) is 0 Å². The van der Waals surface area contributed by atoms with Gasteiger partial charge in [-0.3, -0.25) is 4.79 Å². The second-order valence-electron chi connectivity index (χ2n) is 5.70. The Hall–Kier alpha value is -1.47. The fourth-order valence-corrected chi connectivity index (χ4v) is 4.14. The molecule has 1 aliphatic heterocycles. The van der Waals surface area contributed by atoms with Gasteiger partial charge in [0.05, 0.1) is 19.6 Å². The van der Waals surface area contributed by atoms with Crippen LogP contribution in [-0.2, 0) is 24.8 Å². The van der Waals surface area contributed by atoms with Crippen molar-refractivity contribution in [2.24, 2.45) is 0 Å². The van der Waals surface area contributed by atoms with Gasteiger partial charge in [-0.05, 0) is 30.5 Å². The number of halogens is 1. The molecule has 0 spiro atoms. The predicted molar refractivity (Wildman–Crippen MR) is 71.4 cm³/mol. The molecule has 1 aromatic rings. The molecule has 5 nitrogen and oxygen atoms in total. The first-order valence-electron chi connectivity index (χ1n) is 6.69. The number of carboxylic acid groups (broad SMARTS) is 1. The third-order valence-corrected chi connectivity index (χ3v) is 6.33. The average Bonchev–Trinajstić information content (AvgIpc) is 3.05. The van der Waals surface area contributed by atoms with Crippen LogP contribution in [0.5, 0.6) is 0 Å². The summed E-state index contributed by atoms with van der Waals surface area (Å²) in [6, 6.07) is 3.95. The topological polar surface area (TPSA) is 80.7 Å². The van der Waals surface area contributed by atoms with Gasteiger partial charge in [0.25, 0.3) is 0 Å². The number of ether oxygens (including phenoxy) is 1. The molecule has 0 bridgehead atoms. The average molecular weight is 314 g/mol. The molecule has 1 N–H and O–H groups in total. The normalized spacial score (nSPS) is 20.8. The summed E-state index contributed by atoms with van der Waals surface area (Å²) in [4.78, 5) is 10.5. The molecule has 3 rings (SSSR count). The van der Waals surface area contributed by atoms with Crippen molar-refractivity contribution >= 4 is 15.8 Å². The van der Waals surface area contributed by atoms with Crippen molar-refractivity contribution in [1.29, 1.82) is 0 Å². The summed E-state index contributed by atoms with van der Waals surface area (Å²) < 4.78 is 43.4. The third kappa shape index (κ3) is 2.44. The van der Waals surface area contributed by atoms with Crippen LogP contribution >= 0.6 is 0 Å². The van der Waals surface area contributed by atoms with Crippen LogP contribution in [0.15, 0.2) is 23.1 Å². The molecular formula is C14H15FO5S. The Morgan fingerprint density at radius 1 is 1.38 bits per heavy atom. The van der Waals surface area contributed by atoms with Gasteiger partial charge in [0.15, 0.2) is 9.84 Å². The van der Waals surface area contributed by atoms with E-state index in [1.54, 1.807) is 0 Å². The number of benzene rings is 1. The predicted octanol–water partition coefficient (Wildman–Crippen LogP) is 1.50. The summed E-state index contributed by atoms with van der Waals surface area (Å²) in [5.41, 5.74) is 0.0281. The monoisotopic (exact) mass is 314 g/mol. The molecule has 7 heteroatoms. The van der Waals surface area contributed by atoms with Crippen LogP contribution in [0.25, 0.3) is 0 Å². The van der Waals surface area contributed by atoms with E-state index >= 15 is 0 Å². The maximum absolute atomic E-state index is 14.2. The SMILES string of the molecule is O=C(O)CC1(c2ccc(S(=O)(=O)C3COC3)c(F)c2)CC1. The van der Waals surface area contributed by atoms with Gasteiger partial charge in [0.2, 0.25) is 0 Å². The molecule has 21 heavy (non-hydrogen) atoms. The zero-order valence-corrected chi connectivity index (χ0v) is 12.0. The van der Waals surface area contributed by atoms with Gasteiger partial charge in [0.1, 0.15) is 16.0 Å². The van der Waals surface area contributed by atoms with Gasteiger partial charge in [-0.15, -0.1) is 0 Å². The van der Waals surface area contributed by atoms with E-state index in [-0.39, 0.29) is 24.5 Å². The third-order valence-electron chi connectivity index (χ3n) is 4.24. The molecule has 0 amide bonds. The summed E-state index contributed by atoms with van der Waals surface area (Å²) in [7, 11) is -3.71. The first kappa shape index (κ1) is 14.5. The Balaban J connectivity index is 1.92. The van der Waals surface area contributed by atoms with Crippen LogP contribution in [-0.4, -0.2) is 38.0 Å². The highest BCUT2D eigenvalue weighted by Crippen LogP contribution is 2.51. The number of hydrogen-bond acceptors (Lipinski definition) is 4. The van der Waals surface area contributed by atoms with E-state index in [0.717, 1.165) is 0 Å². The van der Waals surface area contributed by atoms with Crippen molar-refractivity contribution in [2.75, 3.05) is 13.2 Å². The number of hydrogen-bond donors (Lipinski definition) is 1. The minimum Gasteiger partial charge on any atom is -0.481 e. The lowest BCUT2D eigenvalue weighted by molar-refractivity contribution is -0.137. The van der Waals surface area contributed by atoms with Gasteiger partial charge in [-0.2, -0.15) is 0 Å². The zero-order chi connectivity index (χ0) is 15.3. The number of carbonyl (C=O) groups is 1. The maximum Gasteiger partial charge on any atom is 0.304 e. The van der Waals surface area contributed by atoms with Crippen molar-refractivity contribution in [3.63, 3.8) is 0 Å². The Morgan fingerprint density at radius 3 is 2.48 bits per heavy atom. The minimum absolute atomic E-state index is 0.0605. The van der Waals surface area contributed by atoms with Crippen LogP contribution in [0, 0.1) is 5.82 Å². The van der Waals surface area contributed by atoms with Gasteiger partial charge < -0.3 is 9.84 Å². The van der Waals surface area contributed by atoms with Crippen LogP contribution in [0.1, 0.15) is 24.8 Å². The van der Waals surface area contributed by atoms with E-state index < -0.39 is 32.3 Å². The van der Waals surface area contributed by atoms with Gasteiger partial charge in [-0.1, -0.05) is 6.07 Å². The highest BCUT2D eigenvalue weighted by atomic mass is 32.2. The Bertz CT molecular complexity index is 689. The maximum atomic E-state index is 14.2. The molecule has 0 atom stereocenters. The van der Waals surface area contributed by atoms with E-state index in [2.05, 4.69) is 0 Å². The molecule has 1 saturated heterocycles. The molecule has 1 aliphatic carbocycles. The molecule has 0 unspecified atom stereocenters. The summed E-state index contributed by atoms with van der Waals surface area (Å²) in [6.45, 7) is 0.180. The van der Waals surface area contributed by atoms with Gasteiger partial charge >= 0.3 is 5.97 Å². The fourth-order valence-electron chi connectivity index (χ4n) is 2.64. The number of carboxylic acids is 1. The van der Waals surface area contributed by atoms with Crippen LogP contribution < -0.4 is 0 Å². The Labute approximate surface area is 121 Å². The van der Waals surface area contributed by atoms with Gasteiger partial charge in [0, 0.05) is 5.41 Å². The smallest absolute Gasteiger partial charge is 0.304 e. The van der Waals surface area contributed by atoms with Crippen LogP contribution in [0.2, 0.25) is 0 Å². The summed E-state index contributed by atoms with van der Waals surface area (Å²) in [5.74, 6) is -1.74. The number of sulfone groups is 1. The molecule has 114 valence electrons. The minimum atomic E-state index is -3.71. The lowest BCUT2D eigenvalue weighted by Gasteiger charge is -2.26. The fraction of sp³-hybridized carbons (Fsp3) is 0.500. The zero-order valence-electron chi connectivity index (χ0n) is 11.2. The molecular weight excluding hydrogens is 299 g/mol. The molecule has 1 aromatic carbocycles. The first-order valence-corrected chi connectivity index (χ1v) is 8.23. The van der Waals surface area contributed by atoms with Crippen LogP contribution in [0.3, 0.4) is 0 Å². The highest BCUT2D eigenvalue weighted by molar-refractivity contribution is 7.92. The van der Waals surface area contributed by atoms with E-state index in [1.807, 2.05) is 0 Å². The lowest BCUT2D eigenvalue weighted by Crippen LogP contribution is -2.41. The number of rotatable bonds is 5. The van der Waals surface area contributed by atoms with E-state index in [9.17, 15) is 17.6 Å². The van der Waals surface area contributed by atoms with Crippen LogP contribution in [0.4, 0.5) is 4.39 Å². The Kier molecular flexibility index (Phi) is 3.29. The van der Waals surface area contributed by atoms with E-state index in [4.69, 9.17) is 9.84 Å². The largest absolute Gasteiger partial charge is 0.481 e. The quantitative estimate of drug-likeness (QED) is 0.891. The molecule has 2 fully saturated rings. The van der Waals surface area contributed by atoms with Crippen molar-refractivity contribution < 1.29 is 27.4 Å². The molecule has 0 aromatic heterocycles. The summed E-state index contributed by atoms with van der Waals surface area (Å²) in [6.07, 6.45) is 1.30. The lowest BCUT2D eigenvalue weighted by atomic mass is 9.92. The molecule has 1 saturated carbocycles. The Morgan fingerprint density at radius 2 is 2.05 bits per heavy atom.